The number of ether oxygens (including phenoxy) is 1. The first-order valence-electron chi connectivity index (χ1n) is 10.3. The summed E-state index contributed by atoms with van der Waals surface area (Å²) in [6.45, 7) is 7.24. The monoisotopic (exact) mass is 422 g/mol. The summed E-state index contributed by atoms with van der Waals surface area (Å²) in [6.07, 6.45) is 3.27. The van der Waals surface area contributed by atoms with E-state index in [-0.39, 0.29) is 17.9 Å². The number of pyridine rings is 1. The van der Waals surface area contributed by atoms with Crippen molar-refractivity contribution in [2.24, 2.45) is 0 Å². The Balaban J connectivity index is 1.35. The quantitative estimate of drug-likeness (QED) is 0.633. The van der Waals surface area contributed by atoms with E-state index in [1.165, 1.54) is 0 Å². The number of hydrogen-bond acceptors (Lipinski definition) is 6. The molecule has 0 bridgehead atoms. The van der Waals surface area contributed by atoms with Crippen molar-refractivity contribution >= 4 is 34.2 Å². The summed E-state index contributed by atoms with van der Waals surface area (Å²) in [5.41, 5.74) is 2.53. The van der Waals surface area contributed by atoms with E-state index >= 15 is 0 Å². The smallest absolute Gasteiger partial charge is 0.257 e. The molecule has 4 rings (SSSR count). The maximum Gasteiger partial charge on any atom is 0.257 e. The van der Waals surface area contributed by atoms with Crippen molar-refractivity contribution in [1.82, 2.24) is 19.7 Å². The Morgan fingerprint density at radius 2 is 1.74 bits per heavy atom. The molecular weight excluding hydrogens is 396 g/mol. The highest BCUT2D eigenvalue weighted by molar-refractivity contribution is 6.05. The molecule has 31 heavy (non-hydrogen) atoms. The van der Waals surface area contributed by atoms with Crippen LogP contribution in [0.5, 0.6) is 0 Å². The minimum Gasteiger partial charge on any atom is -0.379 e. The van der Waals surface area contributed by atoms with E-state index in [1.54, 1.807) is 42.7 Å². The van der Waals surface area contributed by atoms with Gasteiger partial charge in [0.15, 0.2) is 5.65 Å². The summed E-state index contributed by atoms with van der Waals surface area (Å²) in [6, 6.07) is 9.01. The van der Waals surface area contributed by atoms with Crippen LogP contribution in [0.4, 0.5) is 11.4 Å². The fraction of sp³-hybridized carbons (Fsp3) is 0.364. The lowest BCUT2D eigenvalue weighted by molar-refractivity contribution is -0.118. The fourth-order valence-corrected chi connectivity index (χ4v) is 3.45. The van der Waals surface area contributed by atoms with Gasteiger partial charge in [-0.3, -0.25) is 14.5 Å². The van der Waals surface area contributed by atoms with Gasteiger partial charge < -0.3 is 15.4 Å². The van der Waals surface area contributed by atoms with Crippen LogP contribution in [-0.2, 0) is 9.53 Å². The summed E-state index contributed by atoms with van der Waals surface area (Å²) in [7, 11) is 0. The summed E-state index contributed by atoms with van der Waals surface area (Å²) in [4.78, 5) is 31.3. The van der Waals surface area contributed by atoms with Gasteiger partial charge >= 0.3 is 0 Å². The van der Waals surface area contributed by atoms with Crippen LogP contribution in [-0.4, -0.2) is 64.3 Å². The molecule has 2 aromatic heterocycles. The normalized spacial score (nSPS) is 14.7. The molecule has 1 saturated heterocycles. The van der Waals surface area contributed by atoms with Crippen LogP contribution in [0.3, 0.4) is 0 Å². The molecule has 0 unspecified atom stereocenters. The zero-order valence-electron chi connectivity index (χ0n) is 17.7. The van der Waals surface area contributed by atoms with Crippen molar-refractivity contribution in [1.29, 1.82) is 0 Å². The van der Waals surface area contributed by atoms with Gasteiger partial charge in [-0.25, -0.2) is 9.67 Å². The van der Waals surface area contributed by atoms with Crippen molar-refractivity contribution in [3.8, 4) is 0 Å². The van der Waals surface area contributed by atoms with E-state index < -0.39 is 0 Å². The average Bonchev–Trinajstić information content (AvgIpc) is 3.19. The van der Waals surface area contributed by atoms with E-state index in [9.17, 15) is 9.59 Å². The number of rotatable bonds is 6. The number of amides is 2. The van der Waals surface area contributed by atoms with E-state index in [4.69, 9.17) is 4.74 Å². The molecular formula is C22H26N6O3. The number of fused-ring (bicyclic) bond motifs is 1. The maximum atomic E-state index is 12.6. The molecule has 3 heterocycles. The van der Waals surface area contributed by atoms with Crippen LogP contribution in [0.2, 0.25) is 0 Å². The van der Waals surface area contributed by atoms with Crippen LogP contribution in [0.15, 0.2) is 42.7 Å². The minimum absolute atomic E-state index is 0.0694. The summed E-state index contributed by atoms with van der Waals surface area (Å²) >= 11 is 0. The average molecular weight is 422 g/mol. The number of morpholine rings is 1. The molecule has 1 aliphatic heterocycles. The van der Waals surface area contributed by atoms with Crippen molar-refractivity contribution in [3.05, 3.63) is 48.3 Å². The van der Waals surface area contributed by atoms with Crippen molar-refractivity contribution < 1.29 is 14.3 Å². The van der Waals surface area contributed by atoms with Gasteiger partial charge in [-0.2, -0.15) is 5.10 Å². The number of nitrogens with zero attached hydrogens (tertiary/aromatic N) is 4. The molecule has 1 aromatic carbocycles. The number of anilines is 2. The molecule has 162 valence electrons. The number of benzene rings is 1. The molecule has 9 nitrogen and oxygen atoms in total. The Labute approximate surface area is 180 Å². The summed E-state index contributed by atoms with van der Waals surface area (Å²) < 4.78 is 7.11. The zero-order chi connectivity index (χ0) is 21.8. The Morgan fingerprint density at radius 3 is 2.42 bits per heavy atom. The second-order valence-corrected chi connectivity index (χ2v) is 7.79. The first-order valence-corrected chi connectivity index (χ1v) is 10.3. The number of nitrogens with one attached hydrogen (secondary N) is 2. The highest BCUT2D eigenvalue weighted by Crippen LogP contribution is 2.18. The molecule has 2 amide bonds. The molecule has 0 aliphatic carbocycles. The molecule has 1 fully saturated rings. The molecule has 3 aromatic rings. The molecule has 1 aliphatic rings. The molecule has 9 heteroatoms. The number of aromatic nitrogens is 3. The minimum atomic E-state index is -0.254. The molecule has 0 atom stereocenters. The van der Waals surface area contributed by atoms with E-state index in [2.05, 4.69) is 25.6 Å². The maximum absolute atomic E-state index is 12.6. The molecule has 2 N–H and O–H groups in total. The number of hydrogen-bond donors (Lipinski definition) is 2. The first kappa shape index (κ1) is 21.0. The van der Waals surface area contributed by atoms with Gasteiger partial charge in [0.1, 0.15) is 0 Å². The van der Waals surface area contributed by atoms with Crippen molar-refractivity contribution in [2.45, 2.75) is 19.9 Å². The third-order valence-electron chi connectivity index (χ3n) is 5.08. The Hall–Kier alpha value is -3.30. The Kier molecular flexibility index (Phi) is 6.24. The van der Waals surface area contributed by atoms with Crippen LogP contribution < -0.4 is 10.6 Å². The van der Waals surface area contributed by atoms with Crippen LogP contribution in [0.25, 0.3) is 11.0 Å². The van der Waals surface area contributed by atoms with Gasteiger partial charge in [0.05, 0.1) is 31.5 Å². The number of carbonyl (C=O) groups is 2. The highest BCUT2D eigenvalue weighted by Gasteiger charge is 2.15. The second kappa shape index (κ2) is 9.23. The van der Waals surface area contributed by atoms with Gasteiger partial charge in [0, 0.05) is 42.1 Å². The van der Waals surface area contributed by atoms with E-state index in [1.807, 2.05) is 18.5 Å². The third-order valence-corrected chi connectivity index (χ3v) is 5.08. The Bertz CT molecular complexity index is 1070. The van der Waals surface area contributed by atoms with E-state index in [0.29, 0.717) is 36.7 Å². The zero-order valence-corrected chi connectivity index (χ0v) is 17.7. The molecule has 0 spiro atoms. The number of carbonyl (C=O) groups excluding carboxylic acids is 2. The fourth-order valence-electron chi connectivity index (χ4n) is 3.45. The Morgan fingerprint density at radius 1 is 1.06 bits per heavy atom. The van der Waals surface area contributed by atoms with Crippen LogP contribution >= 0.6 is 0 Å². The predicted molar refractivity (Wildman–Crippen MR) is 118 cm³/mol. The molecule has 0 radical (unpaired) electrons. The van der Waals surface area contributed by atoms with Gasteiger partial charge in [-0.15, -0.1) is 0 Å². The van der Waals surface area contributed by atoms with E-state index in [0.717, 1.165) is 24.1 Å². The van der Waals surface area contributed by atoms with Gasteiger partial charge in [-0.05, 0) is 44.2 Å². The van der Waals surface area contributed by atoms with Crippen LogP contribution in [0, 0.1) is 0 Å². The highest BCUT2D eigenvalue weighted by atomic mass is 16.5. The lowest BCUT2D eigenvalue weighted by Crippen LogP contribution is -2.41. The lowest BCUT2D eigenvalue weighted by Gasteiger charge is -2.25. The second-order valence-electron chi connectivity index (χ2n) is 7.79. The van der Waals surface area contributed by atoms with Crippen molar-refractivity contribution in [3.63, 3.8) is 0 Å². The molecule has 0 saturated carbocycles. The standard InChI is InChI=1S/C22H26N6O3/c1-15(2)28-21-16(13-24-28)11-17(12-23-21)22(30)26-19-5-3-18(4-6-19)25-20(29)14-27-7-9-31-10-8-27/h3-6,11-13,15H,7-10,14H2,1-2H3,(H,25,29)(H,26,30). The summed E-state index contributed by atoms with van der Waals surface area (Å²) in [5, 5.41) is 10.9. The van der Waals surface area contributed by atoms with Gasteiger partial charge in [0.25, 0.3) is 5.91 Å². The topological polar surface area (TPSA) is 101 Å². The van der Waals surface area contributed by atoms with Crippen LogP contribution in [0.1, 0.15) is 30.2 Å². The third kappa shape index (κ3) is 5.07. The lowest BCUT2D eigenvalue weighted by atomic mass is 10.2. The first-order chi connectivity index (χ1) is 15.0. The largest absolute Gasteiger partial charge is 0.379 e. The van der Waals surface area contributed by atoms with Gasteiger partial charge in [-0.1, -0.05) is 0 Å². The summed E-state index contributed by atoms with van der Waals surface area (Å²) in [5.74, 6) is -0.323. The predicted octanol–water partition coefficient (Wildman–Crippen LogP) is 2.54. The van der Waals surface area contributed by atoms with Gasteiger partial charge in [0.2, 0.25) is 5.91 Å². The SMILES string of the molecule is CC(C)n1ncc2cc(C(=O)Nc3ccc(NC(=O)CN4CCOCC4)cc3)cnc21. The van der Waals surface area contributed by atoms with Crippen molar-refractivity contribution in [2.75, 3.05) is 43.5 Å².